The Morgan fingerprint density at radius 1 is 1.33 bits per heavy atom. The number of hydrogen-bond acceptors (Lipinski definition) is 1. The highest BCUT2D eigenvalue weighted by molar-refractivity contribution is 5.81. The first kappa shape index (κ1) is 8.28. The van der Waals surface area contributed by atoms with Gasteiger partial charge in [-0.3, -0.25) is 4.79 Å². The number of carbonyl (C=O) groups is 1. The van der Waals surface area contributed by atoms with Crippen molar-refractivity contribution in [3.05, 3.63) is 0 Å². The van der Waals surface area contributed by atoms with Gasteiger partial charge in [-0.2, -0.15) is 0 Å². The van der Waals surface area contributed by atoms with E-state index in [0.717, 1.165) is 0 Å². The molecule has 68 valence electrons. The molecule has 2 bridgehead atoms. The monoisotopic (exact) mass is 166 g/mol. The van der Waals surface area contributed by atoms with Crippen LogP contribution in [-0.4, -0.2) is 5.78 Å². The second-order valence-corrected chi connectivity index (χ2v) is 5.37. The molecule has 0 heterocycles. The molecule has 0 aromatic heterocycles. The Morgan fingerprint density at radius 2 is 1.92 bits per heavy atom. The second-order valence-electron chi connectivity index (χ2n) is 5.37. The molecule has 12 heavy (non-hydrogen) atoms. The van der Waals surface area contributed by atoms with Crippen LogP contribution in [0.1, 0.15) is 40.5 Å². The molecule has 0 aliphatic heterocycles. The quantitative estimate of drug-likeness (QED) is 0.585. The van der Waals surface area contributed by atoms with Crippen LogP contribution >= 0.6 is 0 Å². The molecule has 0 amide bonds. The molecule has 0 spiro atoms. The Labute approximate surface area is 74.5 Å². The first-order valence-electron chi connectivity index (χ1n) is 4.92. The maximum absolute atomic E-state index is 11.4. The van der Waals surface area contributed by atoms with Crippen molar-refractivity contribution < 1.29 is 4.79 Å². The SMILES string of the molecule is CC(=O)[C@@H]1[C@@H]2CC[C@@]1(C)C2(C)C. The largest absolute Gasteiger partial charge is 0.300 e. The molecule has 0 N–H and O–H groups in total. The minimum Gasteiger partial charge on any atom is -0.300 e. The lowest BCUT2D eigenvalue weighted by atomic mass is 9.44. The number of fused-ring (bicyclic) bond motifs is 1. The van der Waals surface area contributed by atoms with E-state index in [0.29, 0.717) is 28.4 Å². The maximum atomic E-state index is 11.4. The zero-order valence-corrected chi connectivity index (χ0v) is 8.48. The average molecular weight is 166 g/mol. The normalized spacial score (nSPS) is 48.7. The zero-order valence-electron chi connectivity index (χ0n) is 8.48. The molecule has 0 saturated heterocycles. The third-order valence-electron chi connectivity index (χ3n) is 4.90. The summed E-state index contributed by atoms with van der Waals surface area (Å²) in [6, 6.07) is 0. The lowest BCUT2D eigenvalue weighted by Gasteiger charge is -2.59. The lowest BCUT2D eigenvalue weighted by Crippen LogP contribution is -2.57. The summed E-state index contributed by atoms with van der Waals surface area (Å²) in [5, 5.41) is 0. The zero-order chi connectivity index (χ0) is 9.15. The predicted molar refractivity (Wildman–Crippen MR) is 48.8 cm³/mol. The maximum Gasteiger partial charge on any atom is 0.133 e. The van der Waals surface area contributed by atoms with Crippen LogP contribution in [0.5, 0.6) is 0 Å². The minimum absolute atomic E-state index is 0.323. The van der Waals surface area contributed by atoms with Gasteiger partial charge in [0.1, 0.15) is 5.78 Å². The first-order valence-corrected chi connectivity index (χ1v) is 4.92. The number of rotatable bonds is 1. The summed E-state index contributed by atoms with van der Waals surface area (Å²) in [7, 11) is 0. The Morgan fingerprint density at radius 3 is 2.08 bits per heavy atom. The summed E-state index contributed by atoms with van der Waals surface area (Å²) in [4.78, 5) is 11.4. The van der Waals surface area contributed by atoms with Crippen molar-refractivity contribution in [1.29, 1.82) is 0 Å². The fourth-order valence-electron chi connectivity index (χ4n) is 3.78. The van der Waals surface area contributed by atoms with Crippen molar-refractivity contribution in [2.45, 2.75) is 40.5 Å². The summed E-state index contributed by atoms with van der Waals surface area (Å²) >= 11 is 0. The number of Topliss-reactive ketones (excluding diaryl/α,β-unsaturated/α-hetero) is 1. The molecule has 3 saturated carbocycles. The Balaban J connectivity index is 2.33. The highest BCUT2D eigenvalue weighted by Crippen LogP contribution is 2.73. The van der Waals surface area contributed by atoms with Gasteiger partial charge in [0.2, 0.25) is 0 Å². The van der Waals surface area contributed by atoms with Crippen LogP contribution in [0, 0.1) is 22.7 Å². The van der Waals surface area contributed by atoms with Crippen LogP contribution in [-0.2, 0) is 4.79 Å². The number of hydrogen-bond donors (Lipinski definition) is 0. The minimum atomic E-state index is 0.323. The third kappa shape index (κ3) is 0.605. The van der Waals surface area contributed by atoms with Crippen molar-refractivity contribution in [3.8, 4) is 0 Å². The molecule has 0 radical (unpaired) electrons. The molecule has 3 atom stereocenters. The molecule has 1 nitrogen and oxygen atoms in total. The molecule has 3 aliphatic carbocycles. The lowest BCUT2D eigenvalue weighted by molar-refractivity contribution is -0.156. The molecule has 0 unspecified atom stereocenters. The van der Waals surface area contributed by atoms with Crippen molar-refractivity contribution in [3.63, 3.8) is 0 Å². The Hall–Kier alpha value is -0.330. The molecular weight excluding hydrogens is 148 g/mol. The molecule has 3 rings (SSSR count). The van der Waals surface area contributed by atoms with E-state index in [1.807, 2.05) is 0 Å². The summed E-state index contributed by atoms with van der Waals surface area (Å²) < 4.78 is 0. The average Bonchev–Trinajstić information content (AvgIpc) is 2.38. The standard InChI is InChI=1S/C11H18O/c1-7(12)9-8-5-6-11(9,4)10(8,2)3/h8-9H,5-6H2,1-4H3/t8-,9+,11+/m0/s1. The molecule has 0 aromatic rings. The van der Waals surface area contributed by atoms with E-state index >= 15 is 0 Å². The topological polar surface area (TPSA) is 17.1 Å². The predicted octanol–water partition coefficient (Wildman–Crippen LogP) is 2.65. The van der Waals surface area contributed by atoms with Gasteiger partial charge in [0, 0.05) is 5.92 Å². The highest BCUT2D eigenvalue weighted by atomic mass is 16.1. The van der Waals surface area contributed by atoms with E-state index in [-0.39, 0.29) is 0 Å². The summed E-state index contributed by atoms with van der Waals surface area (Å²) in [6.07, 6.45) is 2.53. The Kier molecular flexibility index (Phi) is 1.34. The Bertz CT molecular complexity index is 241. The summed E-state index contributed by atoms with van der Waals surface area (Å²) in [5.41, 5.74) is 0.743. The van der Waals surface area contributed by atoms with Gasteiger partial charge in [-0.15, -0.1) is 0 Å². The van der Waals surface area contributed by atoms with Gasteiger partial charge in [0.25, 0.3) is 0 Å². The molecule has 3 fully saturated rings. The van der Waals surface area contributed by atoms with Gasteiger partial charge >= 0.3 is 0 Å². The van der Waals surface area contributed by atoms with Crippen LogP contribution in [0.3, 0.4) is 0 Å². The number of carbonyl (C=O) groups excluding carboxylic acids is 1. The van der Waals surface area contributed by atoms with Crippen molar-refractivity contribution in [1.82, 2.24) is 0 Å². The smallest absolute Gasteiger partial charge is 0.133 e. The van der Waals surface area contributed by atoms with Gasteiger partial charge in [-0.1, -0.05) is 20.8 Å². The van der Waals surface area contributed by atoms with E-state index < -0.39 is 0 Å². The van der Waals surface area contributed by atoms with E-state index in [2.05, 4.69) is 20.8 Å². The molecule has 0 aromatic carbocycles. The van der Waals surface area contributed by atoms with Crippen LogP contribution in [0.15, 0.2) is 0 Å². The first-order chi connectivity index (χ1) is 5.41. The molecule has 1 heteroatoms. The van der Waals surface area contributed by atoms with Crippen LogP contribution < -0.4 is 0 Å². The fraction of sp³-hybridized carbons (Fsp3) is 0.909. The number of ketones is 1. The van der Waals surface area contributed by atoms with E-state index in [1.54, 1.807) is 6.92 Å². The second kappa shape index (κ2) is 1.94. The van der Waals surface area contributed by atoms with Crippen molar-refractivity contribution in [2.24, 2.45) is 22.7 Å². The van der Waals surface area contributed by atoms with E-state index in [4.69, 9.17) is 0 Å². The van der Waals surface area contributed by atoms with Crippen LogP contribution in [0.2, 0.25) is 0 Å². The third-order valence-corrected chi connectivity index (χ3v) is 4.90. The molecular formula is C11H18O. The molecule has 3 aliphatic rings. The summed E-state index contributed by atoms with van der Waals surface area (Å²) in [5.74, 6) is 1.48. The van der Waals surface area contributed by atoms with Crippen molar-refractivity contribution >= 4 is 5.78 Å². The van der Waals surface area contributed by atoms with Gasteiger partial charge < -0.3 is 0 Å². The highest BCUT2D eigenvalue weighted by Gasteiger charge is 2.69. The van der Waals surface area contributed by atoms with Crippen molar-refractivity contribution in [2.75, 3.05) is 0 Å². The van der Waals surface area contributed by atoms with Gasteiger partial charge in [-0.05, 0) is 36.5 Å². The van der Waals surface area contributed by atoms with Gasteiger partial charge in [0.15, 0.2) is 0 Å². The summed E-state index contributed by atoms with van der Waals surface area (Å²) in [6.45, 7) is 8.70. The van der Waals surface area contributed by atoms with E-state index in [9.17, 15) is 4.79 Å². The van der Waals surface area contributed by atoms with Crippen LogP contribution in [0.4, 0.5) is 0 Å². The van der Waals surface area contributed by atoms with Gasteiger partial charge in [0.05, 0.1) is 0 Å². The van der Waals surface area contributed by atoms with Crippen LogP contribution in [0.25, 0.3) is 0 Å². The van der Waals surface area contributed by atoms with E-state index in [1.165, 1.54) is 12.8 Å². The van der Waals surface area contributed by atoms with Gasteiger partial charge in [-0.25, -0.2) is 0 Å². The fourth-order valence-corrected chi connectivity index (χ4v) is 3.78.